The lowest BCUT2D eigenvalue weighted by Crippen LogP contribution is -2.50. The molecule has 5 aromatic rings. The largest absolute Gasteiger partial charge is 0.310 e. The topological polar surface area (TPSA) is 69.6 Å². The summed E-state index contributed by atoms with van der Waals surface area (Å²) in [6, 6.07) is 33.9. The Morgan fingerprint density at radius 2 is 1.62 bits per heavy atom. The second-order valence-corrected chi connectivity index (χ2v) is 12.0. The van der Waals surface area contributed by atoms with Crippen LogP contribution in [0.1, 0.15) is 36.2 Å². The highest BCUT2D eigenvalue weighted by molar-refractivity contribution is 6.25. The number of aliphatic imine (C=N–C) groups is 4. The van der Waals surface area contributed by atoms with E-state index >= 15 is 0 Å². The first kappa shape index (κ1) is 25.9. The number of nitrogens with zero attached hydrogens (tertiary/aromatic N) is 6. The number of anilines is 1. The first-order chi connectivity index (χ1) is 22.2. The summed E-state index contributed by atoms with van der Waals surface area (Å²) in [6.07, 6.45) is 9.19. The predicted molar refractivity (Wildman–Crippen MR) is 186 cm³/mol. The molecule has 0 fully saturated rings. The van der Waals surface area contributed by atoms with Gasteiger partial charge in [-0.25, -0.2) is 20.0 Å². The zero-order chi connectivity index (χ0) is 29.9. The Labute approximate surface area is 261 Å². The molecule has 0 saturated heterocycles. The van der Waals surface area contributed by atoms with E-state index in [4.69, 9.17) is 20.0 Å². The zero-order valence-electron chi connectivity index (χ0n) is 24.9. The zero-order valence-corrected chi connectivity index (χ0v) is 24.9. The maximum absolute atomic E-state index is 5.34. The molecular weight excluding hydrogens is 554 g/mol. The number of amidine groups is 1. The van der Waals surface area contributed by atoms with Gasteiger partial charge in [0.2, 0.25) is 11.9 Å². The van der Waals surface area contributed by atoms with Gasteiger partial charge in [0.25, 0.3) is 0 Å². The monoisotopic (exact) mass is 585 g/mol. The number of aromatic nitrogens is 1. The predicted octanol–water partition coefficient (Wildman–Crippen LogP) is 7.36. The Morgan fingerprint density at radius 3 is 2.44 bits per heavy atom. The lowest BCUT2D eigenvalue weighted by atomic mass is 9.95. The molecule has 4 heterocycles. The lowest BCUT2D eigenvalue weighted by molar-refractivity contribution is 0.733. The van der Waals surface area contributed by atoms with E-state index in [1.54, 1.807) is 0 Å². The Kier molecular flexibility index (Phi) is 5.91. The molecular formula is C38H31N7. The fourth-order valence-electron chi connectivity index (χ4n) is 6.98. The van der Waals surface area contributed by atoms with Crippen LogP contribution in [-0.2, 0) is 0 Å². The number of para-hydroxylation sites is 1. The highest BCUT2D eigenvalue weighted by atomic mass is 15.4. The minimum atomic E-state index is -0.382. The summed E-state index contributed by atoms with van der Waals surface area (Å²) < 4.78 is 2.26. The number of allylic oxidation sites excluding steroid dienone is 2. The Balaban J connectivity index is 1.31. The van der Waals surface area contributed by atoms with Gasteiger partial charge in [-0.1, -0.05) is 116 Å². The first-order valence-electron chi connectivity index (χ1n) is 15.6. The highest BCUT2D eigenvalue weighted by Crippen LogP contribution is 2.49. The molecule has 1 aliphatic carbocycles. The molecule has 3 aliphatic heterocycles. The molecule has 1 aromatic heterocycles. The van der Waals surface area contributed by atoms with Crippen molar-refractivity contribution in [2.24, 2.45) is 25.9 Å². The SMILES string of the molecule is CC1C=NC(n2c3ccccc3c3ccc4c(c32)N(C2=NC(c3ccccc3)N=C(c3ccccc3)N2)C2CC=CC=C42)=NC1. The number of hydrogen-bond acceptors (Lipinski definition) is 6. The van der Waals surface area contributed by atoms with Gasteiger partial charge in [0.05, 0.1) is 29.3 Å². The molecule has 3 atom stereocenters. The van der Waals surface area contributed by atoms with Crippen molar-refractivity contribution in [1.29, 1.82) is 0 Å². The van der Waals surface area contributed by atoms with Gasteiger partial charge in [0, 0.05) is 34.0 Å². The second kappa shape index (κ2) is 10.3. The molecule has 45 heavy (non-hydrogen) atoms. The summed E-state index contributed by atoms with van der Waals surface area (Å²) in [6.45, 7) is 2.87. The molecule has 4 aromatic carbocycles. The molecule has 0 amide bonds. The highest BCUT2D eigenvalue weighted by Gasteiger charge is 2.41. The summed E-state index contributed by atoms with van der Waals surface area (Å²) in [5.74, 6) is 2.63. The van der Waals surface area contributed by atoms with E-state index in [2.05, 4.69) is 125 Å². The number of fused-ring (bicyclic) bond motifs is 7. The molecule has 0 spiro atoms. The minimum Gasteiger partial charge on any atom is -0.310 e. The Morgan fingerprint density at radius 1 is 0.822 bits per heavy atom. The van der Waals surface area contributed by atoms with Crippen LogP contribution in [0.3, 0.4) is 0 Å². The van der Waals surface area contributed by atoms with Gasteiger partial charge in [0.1, 0.15) is 5.84 Å². The molecule has 0 saturated carbocycles. The quantitative estimate of drug-likeness (QED) is 0.235. The number of hydrogen-bond donors (Lipinski definition) is 1. The molecule has 7 heteroatoms. The lowest BCUT2D eigenvalue weighted by Gasteiger charge is -2.33. The number of guanidine groups is 1. The maximum atomic E-state index is 5.34. The van der Waals surface area contributed by atoms with Crippen LogP contribution < -0.4 is 10.2 Å². The van der Waals surface area contributed by atoms with Crippen molar-refractivity contribution in [3.05, 3.63) is 132 Å². The van der Waals surface area contributed by atoms with Gasteiger partial charge in [-0.05, 0) is 23.6 Å². The van der Waals surface area contributed by atoms with Crippen molar-refractivity contribution in [2.75, 3.05) is 11.4 Å². The van der Waals surface area contributed by atoms with Gasteiger partial charge < -0.3 is 10.2 Å². The number of rotatable bonds is 2. The van der Waals surface area contributed by atoms with E-state index in [1.807, 2.05) is 18.3 Å². The van der Waals surface area contributed by atoms with Crippen LogP contribution in [0.25, 0.3) is 27.4 Å². The summed E-state index contributed by atoms with van der Waals surface area (Å²) >= 11 is 0. The number of nitrogens with one attached hydrogen (secondary N) is 1. The average Bonchev–Trinajstić information content (AvgIpc) is 3.62. The van der Waals surface area contributed by atoms with Crippen molar-refractivity contribution >= 4 is 57.0 Å². The smallest absolute Gasteiger partial charge is 0.229 e. The van der Waals surface area contributed by atoms with Gasteiger partial charge >= 0.3 is 0 Å². The van der Waals surface area contributed by atoms with Crippen molar-refractivity contribution < 1.29 is 0 Å². The molecule has 0 bridgehead atoms. The molecule has 4 aliphatic rings. The van der Waals surface area contributed by atoms with Gasteiger partial charge in [-0.15, -0.1) is 0 Å². The molecule has 0 radical (unpaired) electrons. The third-order valence-electron chi connectivity index (χ3n) is 9.07. The van der Waals surface area contributed by atoms with Crippen molar-refractivity contribution in [2.45, 2.75) is 25.6 Å². The van der Waals surface area contributed by atoms with Crippen LogP contribution >= 0.6 is 0 Å². The van der Waals surface area contributed by atoms with Crippen LogP contribution in [0.15, 0.2) is 135 Å². The van der Waals surface area contributed by atoms with Crippen molar-refractivity contribution in [1.82, 2.24) is 9.88 Å². The number of benzene rings is 4. The summed E-state index contributed by atoms with van der Waals surface area (Å²) in [7, 11) is 0. The van der Waals surface area contributed by atoms with E-state index in [0.717, 1.165) is 52.0 Å². The van der Waals surface area contributed by atoms with Crippen LogP contribution in [0, 0.1) is 5.92 Å². The van der Waals surface area contributed by atoms with E-state index in [1.165, 1.54) is 21.9 Å². The third-order valence-corrected chi connectivity index (χ3v) is 9.07. The van der Waals surface area contributed by atoms with Crippen LogP contribution in [-0.4, -0.2) is 41.1 Å². The van der Waals surface area contributed by atoms with Gasteiger partial charge in [-0.3, -0.25) is 4.57 Å². The standard InChI is InChI=1S/C38H31N7/c1-24-22-39-37(40-23-24)44-31-18-10-8-16-27(31)29-20-21-30-28-17-9-11-19-32(28)45(34(30)33(29)44)38-42-35(25-12-4-2-5-13-25)41-36(43-38)26-14-6-3-7-15-26/h2-18,20-22,24,32,35H,19,23H2,1H3,(H,41,42,43). The molecule has 1 N–H and O–H groups in total. The minimum absolute atomic E-state index is 0.0803. The molecule has 218 valence electrons. The van der Waals surface area contributed by atoms with E-state index in [0.29, 0.717) is 12.5 Å². The van der Waals surface area contributed by atoms with Crippen molar-refractivity contribution in [3.63, 3.8) is 0 Å². The summed E-state index contributed by atoms with van der Waals surface area (Å²) in [5.41, 5.74) is 7.89. The second-order valence-electron chi connectivity index (χ2n) is 12.0. The van der Waals surface area contributed by atoms with Crippen LogP contribution in [0.4, 0.5) is 5.69 Å². The maximum Gasteiger partial charge on any atom is 0.229 e. The molecule has 9 rings (SSSR count). The summed E-state index contributed by atoms with van der Waals surface area (Å²) in [5, 5.41) is 6.05. The van der Waals surface area contributed by atoms with E-state index in [-0.39, 0.29) is 12.2 Å². The van der Waals surface area contributed by atoms with Crippen molar-refractivity contribution in [3.8, 4) is 0 Å². The normalized spacial score (nSPS) is 22.0. The first-order valence-corrected chi connectivity index (χ1v) is 15.6. The van der Waals surface area contributed by atoms with E-state index in [9.17, 15) is 0 Å². The molecule has 7 nitrogen and oxygen atoms in total. The summed E-state index contributed by atoms with van der Waals surface area (Å²) in [4.78, 5) is 22.7. The Bertz CT molecular complexity index is 2170. The van der Waals surface area contributed by atoms with Gasteiger partial charge in [-0.2, -0.15) is 0 Å². The Hall–Kier alpha value is -5.56. The fourth-order valence-corrected chi connectivity index (χ4v) is 6.98. The van der Waals surface area contributed by atoms with Crippen LogP contribution in [0.5, 0.6) is 0 Å². The van der Waals surface area contributed by atoms with E-state index < -0.39 is 0 Å². The average molecular weight is 586 g/mol. The fraction of sp³-hybridized carbons (Fsp3) is 0.158. The van der Waals surface area contributed by atoms with Crippen LogP contribution in [0.2, 0.25) is 0 Å². The third kappa shape index (κ3) is 4.11. The van der Waals surface area contributed by atoms with Gasteiger partial charge in [0.15, 0.2) is 6.17 Å². The molecule has 3 unspecified atom stereocenters.